The van der Waals surface area contributed by atoms with Gasteiger partial charge in [0.2, 0.25) is 0 Å². The summed E-state index contributed by atoms with van der Waals surface area (Å²) in [5.41, 5.74) is -0.101. The number of morpholine rings is 1. The van der Waals surface area contributed by atoms with Gasteiger partial charge in [0.25, 0.3) is 0 Å². The number of para-hydroxylation sites is 1. The van der Waals surface area contributed by atoms with Gasteiger partial charge in [0.15, 0.2) is 5.58 Å². The fraction of sp³-hybridized carbons (Fsp3) is 0.500. The number of benzene rings is 1. The molecule has 1 amide bonds. The number of hydrogen-bond acceptors (Lipinski definition) is 5. The predicted octanol–water partition coefficient (Wildman–Crippen LogP) is 3.76. The van der Waals surface area contributed by atoms with E-state index < -0.39 is 23.8 Å². The lowest BCUT2D eigenvalue weighted by Gasteiger charge is -2.38. The Bertz CT molecular complexity index is 766. The molecule has 6 nitrogen and oxygen atoms in total. The number of halogens is 1. The van der Waals surface area contributed by atoms with Gasteiger partial charge in [-0.15, -0.1) is 0 Å². The molecule has 0 bridgehead atoms. The number of carbonyl (C=O) groups excluding carboxylic acids is 1. The molecular weight excluding hydrogens is 346 g/mol. The maximum absolute atomic E-state index is 12.5. The smallest absolute Gasteiger partial charge is 0.410 e. The Balaban J connectivity index is 1.85. The lowest BCUT2D eigenvalue weighted by Crippen LogP contribution is -2.52. The van der Waals surface area contributed by atoms with Crippen LogP contribution in [0.25, 0.3) is 11.0 Å². The SMILES string of the molecule is CC(C)(C)OC(=O)N1CCOCC1C(O)c1cc2cccc(Cl)c2o1. The molecular formula is C18H22ClNO5. The second-order valence-electron chi connectivity index (χ2n) is 7.07. The van der Waals surface area contributed by atoms with Gasteiger partial charge in [0, 0.05) is 11.9 Å². The van der Waals surface area contributed by atoms with E-state index in [1.165, 1.54) is 4.90 Å². The van der Waals surface area contributed by atoms with Crippen molar-refractivity contribution >= 4 is 28.7 Å². The monoisotopic (exact) mass is 367 g/mol. The summed E-state index contributed by atoms with van der Waals surface area (Å²) in [5, 5.41) is 12.1. The summed E-state index contributed by atoms with van der Waals surface area (Å²) in [6, 6.07) is 6.52. The number of aliphatic hydroxyl groups is 1. The lowest BCUT2D eigenvalue weighted by molar-refractivity contribution is -0.0710. The summed E-state index contributed by atoms with van der Waals surface area (Å²) in [7, 11) is 0. The molecule has 1 fully saturated rings. The molecule has 1 aliphatic rings. The van der Waals surface area contributed by atoms with E-state index in [0.29, 0.717) is 29.5 Å². The summed E-state index contributed by atoms with van der Waals surface area (Å²) < 4.78 is 16.6. The number of carbonyl (C=O) groups is 1. The molecule has 0 saturated carbocycles. The number of hydrogen-bond donors (Lipinski definition) is 1. The standard InChI is InChI=1S/C18H22ClNO5/c1-18(2,3)25-17(22)20-7-8-23-10-13(20)15(21)14-9-11-5-4-6-12(19)16(11)24-14/h4-6,9,13,15,21H,7-8,10H2,1-3H3. The zero-order valence-corrected chi connectivity index (χ0v) is 15.2. The minimum atomic E-state index is -1.05. The molecule has 25 heavy (non-hydrogen) atoms. The molecule has 0 spiro atoms. The topological polar surface area (TPSA) is 72.1 Å². The van der Waals surface area contributed by atoms with Crippen LogP contribution in [0.15, 0.2) is 28.7 Å². The highest BCUT2D eigenvalue weighted by molar-refractivity contribution is 6.34. The van der Waals surface area contributed by atoms with Crippen LogP contribution >= 0.6 is 11.6 Å². The van der Waals surface area contributed by atoms with Gasteiger partial charge in [-0.1, -0.05) is 23.7 Å². The first kappa shape index (κ1) is 18.0. The van der Waals surface area contributed by atoms with Gasteiger partial charge < -0.3 is 19.0 Å². The quantitative estimate of drug-likeness (QED) is 0.875. The van der Waals surface area contributed by atoms with Crippen molar-refractivity contribution in [3.05, 3.63) is 35.0 Å². The van der Waals surface area contributed by atoms with Crippen LogP contribution < -0.4 is 0 Å². The fourth-order valence-electron chi connectivity index (χ4n) is 2.81. The van der Waals surface area contributed by atoms with Crippen molar-refractivity contribution in [2.75, 3.05) is 19.8 Å². The zero-order valence-electron chi connectivity index (χ0n) is 14.5. The van der Waals surface area contributed by atoms with E-state index in [9.17, 15) is 9.90 Å². The Labute approximate surface area is 151 Å². The summed E-state index contributed by atoms with van der Waals surface area (Å²) >= 11 is 6.13. The number of aliphatic hydroxyl groups excluding tert-OH is 1. The zero-order chi connectivity index (χ0) is 18.2. The van der Waals surface area contributed by atoms with Gasteiger partial charge in [-0.3, -0.25) is 4.90 Å². The minimum absolute atomic E-state index is 0.200. The van der Waals surface area contributed by atoms with Crippen molar-refractivity contribution in [1.29, 1.82) is 0 Å². The van der Waals surface area contributed by atoms with E-state index in [2.05, 4.69) is 0 Å². The number of rotatable bonds is 2. The summed E-state index contributed by atoms with van der Waals surface area (Å²) in [5.74, 6) is 0.340. The number of amides is 1. The van der Waals surface area contributed by atoms with Gasteiger partial charge in [0.1, 0.15) is 17.5 Å². The van der Waals surface area contributed by atoms with Crippen LogP contribution in [-0.4, -0.2) is 47.5 Å². The molecule has 3 rings (SSSR count). The Morgan fingerprint density at radius 1 is 1.44 bits per heavy atom. The summed E-state index contributed by atoms with van der Waals surface area (Å²) in [6.07, 6.45) is -1.52. The highest BCUT2D eigenvalue weighted by Crippen LogP contribution is 2.32. The van der Waals surface area contributed by atoms with Crippen molar-refractivity contribution in [2.45, 2.75) is 38.5 Å². The third-order valence-corrected chi connectivity index (χ3v) is 4.26. The average Bonchev–Trinajstić information content (AvgIpc) is 2.98. The average molecular weight is 368 g/mol. The molecule has 1 aliphatic heterocycles. The van der Waals surface area contributed by atoms with E-state index in [-0.39, 0.29) is 6.61 Å². The van der Waals surface area contributed by atoms with Crippen molar-refractivity contribution in [3.63, 3.8) is 0 Å². The van der Waals surface area contributed by atoms with Crippen LogP contribution in [0.3, 0.4) is 0 Å². The van der Waals surface area contributed by atoms with E-state index in [4.69, 9.17) is 25.5 Å². The Kier molecular flexibility index (Phi) is 4.95. The molecule has 2 aromatic rings. The molecule has 2 unspecified atom stereocenters. The number of nitrogens with zero attached hydrogens (tertiary/aromatic N) is 1. The summed E-state index contributed by atoms with van der Waals surface area (Å²) in [6.45, 7) is 6.35. The Hall–Kier alpha value is -1.76. The van der Waals surface area contributed by atoms with Gasteiger partial charge in [0.05, 0.1) is 24.3 Å². The summed E-state index contributed by atoms with van der Waals surface area (Å²) in [4.78, 5) is 14.0. The molecule has 0 radical (unpaired) electrons. The fourth-order valence-corrected chi connectivity index (χ4v) is 3.03. The molecule has 1 aromatic heterocycles. The first-order valence-electron chi connectivity index (χ1n) is 8.19. The van der Waals surface area contributed by atoms with E-state index in [1.807, 2.05) is 12.1 Å². The molecule has 1 aromatic carbocycles. The van der Waals surface area contributed by atoms with E-state index in [0.717, 1.165) is 5.39 Å². The molecule has 1 N–H and O–H groups in total. The van der Waals surface area contributed by atoms with Crippen LogP contribution in [0.4, 0.5) is 4.79 Å². The molecule has 0 aliphatic carbocycles. The van der Waals surface area contributed by atoms with Crippen molar-refractivity contribution in [3.8, 4) is 0 Å². The Morgan fingerprint density at radius 2 is 2.20 bits per heavy atom. The maximum Gasteiger partial charge on any atom is 0.410 e. The highest BCUT2D eigenvalue weighted by atomic mass is 35.5. The van der Waals surface area contributed by atoms with Crippen LogP contribution in [0.2, 0.25) is 5.02 Å². The molecule has 136 valence electrons. The largest absolute Gasteiger partial charge is 0.457 e. The molecule has 1 saturated heterocycles. The van der Waals surface area contributed by atoms with Crippen LogP contribution in [0.5, 0.6) is 0 Å². The first-order valence-corrected chi connectivity index (χ1v) is 8.57. The highest BCUT2D eigenvalue weighted by Gasteiger charge is 2.37. The minimum Gasteiger partial charge on any atom is -0.457 e. The number of ether oxygens (including phenoxy) is 2. The Morgan fingerprint density at radius 3 is 2.88 bits per heavy atom. The molecule has 2 atom stereocenters. The predicted molar refractivity (Wildman–Crippen MR) is 93.7 cm³/mol. The molecule has 2 heterocycles. The van der Waals surface area contributed by atoms with Crippen molar-refractivity contribution in [1.82, 2.24) is 4.90 Å². The van der Waals surface area contributed by atoms with Crippen LogP contribution in [-0.2, 0) is 9.47 Å². The van der Waals surface area contributed by atoms with Gasteiger partial charge in [-0.25, -0.2) is 4.79 Å². The van der Waals surface area contributed by atoms with Crippen molar-refractivity contribution in [2.24, 2.45) is 0 Å². The van der Waals surface area contributed by atoms with Gasteiger partial charge >= 0.3 is 6.09 Å². The second kappa shape index (κ2) is 6.86. The van der Waals surface area contributed by atoms with E-state index >= 15 is 0 Å². The van der Waals surface area contributed by atoms with E-state index in [1.54, 1.807) is 32.9 Å². The first-order chi connectivity index (χ1) is 11.8. The number of furan rings is 1. The second-order valence-corrected chi connectivity index (χ2v) is 7.47. The third-order valence-electron chi connectivity index (χ3n) is 3.96. The molecule has 7 heteroatoms. The maximum atomic E-state index is 12.5. The lowest BCUT2D eigenvalue weighted by atomic mass is 10.1. The van der Waals surface area contributed by atoms with Gasteiger partial charge in [-0.2, -0.15) is 0 Å². The third kappa shape index (κ3) is 3.92. The normalized spacial score (nSPS) is 19.9. The number of fused-ring (bicyclic) bond motifs is 1. The van der Waals surface area contributed by atoms with Crippen LogP contribution in [0.1, 0.15) is 32.6 Å². The van der Waals surface area contributed by atoms with Crippen molar-refractivity contribution < 1.29 is 23.8 Å². The van der Waals surface area contributed by atoms with Gasteiger partial charge in [-0.05, 0) is 32.9 Å². The van der Waals surface area contributed by atoms with Crippen LogP contribution in [0, 0.1) is 0 Å².